The summed E-state index contributed by atoms with van der Waals surface area (Å²) in [6.45, 7) is 4.51. The highest BCUT2D eigenvalue weighted by Gasteiger charge is 2.18. The molecule has 2 aliphatic rings. The number of hydrogen-bond donors (Lipinski definition) is 2. The van der Waals surface area contributed by atoms with Crippen LogP contribution in [0.25, 0.3) is 0 Å². The highest BCUT2D eigenvalue weighted by Crippen LogP contribution is 2.29. The molecule has 148 valence electrons. The quantitative estimate of drug-likeness (QED) is 0.800. The number of rotatable bonds is 6. The van der Waals surface area contributed by atoms with E-state index in [0.717, 1.165) is 62.8 Å². The van der Waals surface area contributed by atoms with Crippen LogP contribution < -0.4 is 15.5 Å². The van der Waals surface area contributed by atoms with Crippen molar-refractivity contribution in [2.45, 2.75) is 18.9 Å². The minimum absolute atomic E-state index is 0.124. The number of nitrogens with one attached hydrogen (secondary N) is 2. The summed E-state index contributed by atoms with van der Waals surface area (Å²) in [7, 11) is 0. The molecule has 28 heavy (non-hydrogen) atoms. The number of amides is 1. The molecule has 1 aromatic heterocycles. The van der Waals surface area contributed by atoms with E-state index in [1.54, 1.807) is 12.4 Å². The summed E-state index contributed by atoms with van der Waals surface area (Å²) in [5.41, 5.74) is 3.43. The first-order chi connectivity index (χ1) is 13.8. The van der Waals surface area contributed by atoms with Crippen LogP contribution in [0, 0.1) is 0 Å². The van der Waals surface area contributed by atoms with E-state index in [0.29, 0.717) is 12.1 Å². The largest absolute Gasteiger partial charge is 0.378 e. The normalized spacial score (nSPS) is 19.4. The molecule has 1 aromatic carbocycles. The van der Waals surface area contributed by atoms with Crippen LogP contribution >= 0.6 is 0 Å². The van der Waals surface area contributed by atoms with Crippen molar-refractivity contribution in [3.8, 4) is 0 Å². The average Bonchev–Trinajstić information content (AvgIpc) is 3.27. The molecular weight excluding hydrogens is 356 g/mol. The van der Waals surface area contributed by atoms with Crippen LogP contribution in [0.1, 0.15) is 23.2 Å². The number of hydrogen-bond acceptors (Lipinski definition) is 6. The molecule has 0 bridgehead atoms. The first-order valence-electron chi connectivity index (χ1n) is 9.83. The van der Waals surface area contributed by atoms with Crippen LogP contribution in [0.4, 0.5) is 17.1 Å². The molecule has 2 aromatic rings. The molecule has 1 unspecified atom stereocenters. The van der Waals surface area contributed by atoms with Gasteiger partial charge in [-0.2, -0.15) is 0 Å². The molecule has 0 saturated carbocycles. The Morgan fingerprint density at radius 3 is 2.86 bits per heavy atom. The van der Waals surface area contributed by atoms with E-state index in [2.05, 4.69) is 26.6 Å². The number of carbonyl (C=O) groups is 1. The predicted molar refractivity (Wildman–Crippen MR) is 108 cm³/mol. The molecule has 1 amide bonds. The van der Waals surface area contributed by atoms with E-state index in [1.165, 1.54) is 0 Å². The van der Waals surface area contributed by atoms with Crippen molar-refractivity contribution in [1.29, 1.82) is 0 Å². The minimum Gasteiger partial charge on any atom is -0.378 e. The SMILES string of the molecule is O=C(NCC1CCCO1)c1cncc(Nc2ccccc2N2CCOCC2)c1. The van der Waals surface area contributed by atoms with Gasteiger partial charge in [0.1, 0.15) is 0 Å². The fourth-order valence-electron chi connectivity index (χ4n) is 3.56. The smallest absolute Gasteiger partial charge is 0.253 e. The molecule has 4 rings (SSSR count). The van der Waals surface area contributed by atoms with Crippen molar-refractivity contribution in [1.82, 2.24) is 10.3 Å². The molecule has 2 fully saturated rings. The Morgan fingerprint density at radius 1 is 1.18 bits per heavy atom. The second kappa shape index (κ2) is 9.03. The third-order valence-electron chi connectivity index (χ3n) is 5.05. The van der Waals surface area contributed by atoms with Crippen molar-refractivity contribution in [3.63, 3.8) is 0 Å². The summed E-state index contributed by atoms with van der Waals surface area (Å²) in [5, 5.41) is 6.35. The molecule has 0 radical (unpaired) electrons. The molecule has 3 heterocycles. The zero-order chi connectivity index (χ0) is 19.2. The van der Waals surface area contributed by atoms with E-state index < -0.39 is 0 Å². The second-order valence-corrected chi connectivity index (χ2v) is 7.05. The van der Waals surface area contributed by atoms with E-state index >= 15 is 0 Å². The Labute approximate surface area is 165 Å². The van der Waals surface area contributed by atoms with Gasteiger partial charge in [0.15, 0.2) is 0 Å². The first kappa shape index (κ1) is 18.7. The first-order valence-corrected chi connectivity index (χ1v) is 9.83. The van der Waals surface area contributed by atoms with Crippen molar-refractivity contribution >= 4 is 23.0 Å². The molecule has 2 saturated heterocycles. The Balaban J connectivity index is 1.44. The van der Waals surface area contributed by atoms with Gasteiger partial charge in [-0.3, -0.25) is 9.78 Å². The van der Waals surface area contributed by atoms with Gasteiger partial charge < -0.3 is 25.0 Å². The van der Waals surface area contributed by atoms with Crippen LogP contribution in [-0.2, 0) is 9.47 Å². The van der Waals surface area contributed by atoms with Gasteiger partial charge in [-0.25, -0.2) is 0 Å². The summed E-state index contributed by atoms with van der Waals surface area (Å²) in [5.74, 6) is -0.131. The van der Waals surface area contributed by atoms with Crippen molar-refractivity contribution < 1.29 is 14.3 Å². The van der Waals surface area contributed by atoms with Crippen LogP contribution in [0.2, 0.25) is 0 Å². The Kier molecular flexibility index (Phi) is 6.04. The lowest BCUT2D eigenvalue weighted by Crippen LogP contribution is -2.36. The molecule has 0 aliphatic carbocycles. The fraction of sp³-hybridized carbons (Fsp3) is 0.429. The van der Waals surface area contributed by atoms with E-state index in [1.807, 2.05) is 24.3 Å². The topological polar surface area (TPSA) is 75.7 Å². The Hall–Kier alpha value is -2.64. The lowest BCUT2D eigenvalue weighted by Gasteiger charge is -2.30. The summed E-state index contributed by atoms with van der Waals surface area (Å²) in [6.07, 6.45) is 5.50. The summed E-state index contributed by atoms with van der Waals surface area (Å²) in [6, 6.07) is 9.99. The highest BCUT2D eigenvalue weighted by molar-refractivity contribution is 5.95. The number of morpholine rings is 1. The molecule has 1 atom stereocenters. The molecule has 2 N–H and O–H groups in total. The number of carbonyl (C=O) groups excluding carboxylic acids is 1. The predicted octanol–water partition coefficient (Wildman–Crippen LogP) is 2.57. The van der Waals surface area contributed by atoms with E-state index in [-0.39, 0.29) is 12.0 Å². The van der Waals surface area contributed by atoms with Crippen LogP contribution in [-0.4, -0.2) is 56.5 Å². The number of anilines is 3. The number of aromatic nitrogens is 1. The lowest BCUT2D eigenvalue weighted by atomic mass is 10.2. The molecule has 7 heteroatoms. The third kappa shape index (κ3) is 4.61. The van der Waals surface area contributed by atoms with Crippen molar-refractivity contribution in [2.75, 3.05) is 49.7 Å². The van der Waals surface area contributed by atoms with Gasteiger partial charge in [0.2, 0.25) is 0 Å². The number of nitrogens with zero attached hydrogens (tertiary/aromatic N) is 2. The van der Waals surface area contributed by atoms with E-state index in [9.17, 15) is 4.79 Å². The van der Waals surface area contributed by atoms with Gasteiger partial charge >= 0.3 is 0 Å². The number of pyridine rings is 1. The monoisotopic (exact) mass is 382 g/mol. The fourth-order valence-corrected chi connectivity index (χ4v) is 3.56. The summed E-state index contributed by atoms with van der Waals surface area (Å²) < 4.78 is 11.0. The highest BCUT2D eigenvalue weighted by atomic mass is 16.5. The van der Waals surface area contributed by atoms with Crippen LogP contribution in [0.15, 0.2) is 42.7 Å². The van der Waals surface area contributed by atoms with Gasteiger partial charge in [0.05, 0.1) is 48.1 Å². The molecule has 2 aliphatic heterocycles. The summed E-state index contributed by atoms with van der Waals surface area (Å²) in [4.78, 5) is 19.0. The Morgan fingerprint density at radius 2 is 2.04 bits per heavy atom. The van der Waals surface area contributed by atoms with Crippen LogP contribution in [0.3, 0.4) is 0 Å². The molecular formula is C21H26N4O3. The standard InChI is InChI=1S/C21H26N4O3/c26-21(23-15-18-4-3-9-28-18)16-12-17(14-22-13-16)24-19-5-1-2-6-20(19)25-7-10-27-11-8-25/h1-2,5-6,12-14,18,24H,3-4,7-11,15H2,(H,23,26). The molecule has 7 nitrogen and oxygen atoms in total. The third-order valence-corrected chi connectivity index (χ3v) is 5.05. The van der Waals surface area contributed by atoms with Crippen molar-refractivity contribution in [2.24, 2.45) is 0 Å². The zero-order valence-electron chi connectivity index (χ0n) is 15.9. The minimum atomic E-state index is -0.131. The lowest BCUT2D eigenvalue weighted by molar-refractivity contribution is 0.0857. The number of para-hydroxylation sites is 2. The van der Waals surface area contributed by atoms with Gasteiger partial charge in [0, 0.05) is 32.4 Å². The van der Waals surface area contributed by atoms with Gasteiger partial charge in [-0.05, 0) is 31.0 Å². The maximum Gasteiger partial charge on any atom is 0.253 e. The van der Waals surface area contributed by atoms with Gasteiger partial charge in [0.25, 0.3) is 5.91 Å². The zero-order valence-corrected chi connectivity index (χ0v) is 15.9. The number of benzene rings is 1. The van der Waals surface area contributed by atoms with Crippen LogP contribution in [0.5, 0.6) is 0 Å². The van der Waals surface area contributed by atoms with Crippen molar-refractivity contribution in [3.05, 3.63) is 48.3 Å². The molecule has 0 spiro atoms. The Bertz CT molecular complexity index is 802. The average molecular weight is 382 g/mol. The maximum absolute atomic E-state index is 12.5. The van der Waals surface area contributed by atoms with Gasteiger partial charge in [-0.15, -0.1) is 0 Å². The van der Waals surface area contributed by atoms with Gasteiger partial charge in [-0.1, -0.05) is 12.1 Å². The second-order valence-electron chi connectivity index (χ2n) is 7.05. The number of ether oxygens (including phenoxy) is 2. The maximum atomic E-state index is 12.5. The van der Waals surface area contributed by atoms with E-state index in [4.69, 9.17) is 9.47 Å². The summed E-state index contributed by atoms with van der Waals surface area (Å²) >= 11 is 0.